The number of H-pyrrole nitrogens is 1. The van der Waals surface area contributed by atoms with E-state index in [1.807, 2.05) is 0 Å². The van der Waals surface area contributed by atoms with Crippen LogP contribution in [-0.4, -0.2) is 22.1 Å². The molecule has 13 heavy (non-hydrogen) atoms. The molecule has 0 saturated heterocycles. The highest BCUT2D eigenvalue weighted by Gasteiger charge is 2.01. The van der Waals surface area contributed by atoms with Crippen molar-refractivity contribution < 1.29 is 4.74 Å². The number of hydrogen-bond donors (Lipinski definition) is 1. The van der Waals surface area contributed by atoms with Crippen molar-refractivity contribution in [1.29, 1.82) is 0 Å². The van der Waals surface area contributed by atoms with E-state index in [9.17, 15) is 4.79 Å². The molecule has 0 fully saturated rings. The van der Waals surface area contributed by atoms with Gasteiger partial charge in [-0.25, -0.2) is 4.98 Å². The maximum atomic E-state index is 11.3. The lowest BCUT2D eigenvalue weighted by Gasteiger charge is -1.98. The van der Waals surface area contributed by atoms with E-state index >= 15 is 0 Å². The Morgan fingerprint density at radius 2 is 2.38 bits per heavy atom. The van der Waals surface area contributed by atoms with Crippen molar-refractivity contribution in [2.24, 2.45) is 0 Å². The third-order valence-corrected chi connectivity index (χ3v) is 1.66. The Morgan fingerprint density at radius 1 is 1.54 bits per heavy atom. The first kappa shape index (κ1) is 7.72. The first-order valence-electron chi connectivity index (χ1n) is 3.69. The van der Waals surface area contributed by atoms with Gasteiger partial charge in [-0.3, -0.25) is 4.79 Å². The first-order valence-corrected chi connectivity index (χ1v) is 3.69. The zero-order valence-corrected chi connectivity index (χ0v) is 6.94. The molecule has 0 saturated carbocycles. The summed E-state index contributed by atoms with van der Waals surface area (Å²) in [4.78, 5) is 21.9. The molecule has 2 heterocycles. The number of pyridine rings is 1. The van der Waals surface area contributed by atoms with Crippen LogP contribution in [0.5, 0.6) is 6.01 Å². The quantitative estimate of drug-likeness (QED) is 0.681. The summed E-state index contributed by atoms with van der Waals surface area (Å²) in [6, 6.07) is 1.61. The molecule has 0 aliphatic carbocycles. The van der Waals surface area contributed by atoms with Gasteiger partial charge in [-0.1, -0.05) is 0 Å². The fraction of sp³-hybridized carbons (Fsp3) is 0.125. The molecule has 0 aliphatic heterocycles. The normalized spacial score (nSPS) is 10.2. The molecule has 0 amide bonds. The molecule has 2 rings (SSSR count). The van der Waals surface area contributed by atoms with Gasteiger partial charge in [0.1, 0.15) is 5.52 Å². The Labute approximate surface area is 73.4 Å². The van der Waals surface area contributed by atoms with Gasteiger partial charge in [0, 0.05) is 12.3 Å². The fourth-order valence-electron chi connectivity index (χ4n) is 1.04. The number of ether oxygens (including phenoxy) is 1. The molecule has 0 atom stereocenters. The number of aromatic nitrogens is 3. The second-order valence-electron chi connectivity index (χ2n) is 2.46. The number of nitrogens with zero attached hydrogens (tertiary/aromatic N) is 2. The Morgan fingerprint density at radius 3 is 3.15 bits per heavy atom. The number of rotatable bonds is 1. The lowest BCUT2D eigenvalue weighted by atomic mass is 10.3. The van der Waals surface area contributed by atoms with Crippen LogP contribution in [0.1, 0.15) is 0 Å². The SMILES string of the molecule is COc1ncc2[nH]ccc(=O)c2n1. The topological polar surface area (TPSA) is 67.9 Å². The lowest BCUT2D eigenvalue weighted by Crippen LogP contribution is -2.04. The Bertz CT molecular complexity index is 492. The largest absolute Gasteiger partial charge is 0.467 e. The van der Waals surface area contributed by atoms with Crippen molar-refractivity contribution >= 4 is 11.0 Å². The molecule has 0 bridgehead atoms. The summed E-state index contributed by atoms with van der Waals surface area (Å²) in [6.45, 7) is 0. The van der Waals surface area contributed by atoms with E-state index in [1.54, 1.807) is 6.20 Å². The van der Waals surface area contributed by atoms with Crippen molar-refractivity contribution in [1.82, 2.24) is 15.0 Å². The third-order valence-electron chi connectivity index (χ3n) is 1.66. The Balaban J connectivity index is 2.82. The van der Waals surface area contributed by atoms with E-state index in [-0.39, 0.29) is 11.4 Å². The van der Waals surface area contributed by atoms with E-state index < -0.39 is 0 Å². The maximum absolute atomic E-state index is 11.3. The number of nitrogens with one attached hydrogen (secondary N) is 1. The van der Waals surface area contributed by atoms with Crippen LogP contribution in [0.15, 0.2) is 23.3 Å². The fourth-order valence-corrected chi connectivity index (χ4v) is 1.04. The van der Waals surface area contributed by atoms with E-state index in [0.29, 0.717) is 11.0 Å². The summed E-state index contributed by atoms with van der Waals surface area (Å²) in [5.41, 5.74) is 0.803. The maximum Gasteiger partial charge on any atom is 0.316 e. The number of methoxy groups -OCH3 is 1. The second kappa shape index (κ2) is 2.85. The summed E-state index contributed by atoms with van der Waals surface area (Å²) >= 11 is 0. The molecule has 2 aromatic heterocycles. The highest BCUT2D eigenvalue weighted by molar-refractivity contribution is 5.72. The summed E-state index contributed by atoms with van der Waals surface area (Å²) in [5.74, 6) is 0. The second-order valence-corrected chi connectivity index (χ2v) is 2.46. The van der Waals surface area contributed by atoms with Gasteiger partial charge in [-0.15, -0.1) is 0 Å². The Kier molecular flexibility index (Phi) is 1.70. The lowest BCUT2D eigenvalue weighted by molar-refractivity contribution is 0.381. The molecule has 1 N–H and O–H groups in total. The van der Waals surface area contributed by atoms with Crippen LogP contribution in [0.4, 0.5) is 0 Å². The summed E-state index contributed by atoms with van der Waals surface area (Å²) in [5, 5.41) is 0. The number of fused-ring (bicyclic) bond motifs is 1. The van der Waals surface area contributed by atoms with Gasteiger partial charge in [-0.05, 0) is 0 Å². The van der Waals surface area contributed by atoms with Crippen molar-refractivity contribution in [3.8, 4) is 6.01 Å². The van der Waals surface area contributed by atoms with Crippen LogP contribution < -0.4 is 10.2 Å². The zero-order chi connectivity index (χ0) is 9.26. The van der Waals surface area contributed by atoms with Crippen LogP contribution in [0.3, 0.4) is 0 Å². The minimum Gasteiger partial charge on any atom is -0.467 e. The zero-order valence-electron chi connectivity index (χ0n) is 6.94. The van der Waals surface area contributed by atoms with Gasteiger partial charge in [0.25, 0.3) is 0 Å². The van der Waals surface area contributed by atoms with Crippen LogP contribution >= 0.6 is 0 Å². The molecule has 0 spiro atoms. The van der Waals surface area contributed by atoms with E-state index in [4.69, 9.17) is 4.74 Å². The average Bonchev–Trinajstić information content (AvgIpc) is 2.18. The van der Waals surface area contributed by atoms with Gasteiger partial charge in [-0.2, -0.15) is 4.98 Å². The highest BCUT2D eigenvalue weighted by Crippen LogP contribution is 2.05. The third kappa shape index (κ3) is 1.24. The molecule has 2 aromatic rings. The van der Waals surface area contributed by atoms with E-state index in [1.165, 1.54) is 19.4 Å². The Hall–Kier alpha value is -1.91. The predicted molar refractivity (Wildman–Crippen MR) is 46.7 cm³/mol. The van der Waals surface area contributed by atoms with Crippen molar-refractivity contribution in [3.05, 3.63) is 28.7 Å². The van der Waals surface area contributed by atoms with Crippen molar-refractivity contribution in [2.75, 3.05) is 7.11 Å². The van der Waals surface area contributed by atoms with Crippen molar-refractivity contribution in [2.45, 2.75) is 0 Å². The van der Waals surface area contributed by atoms with Crippen LogP contribution in [-0.2, 0) is 0 Å². The predicted octanol–water partition coefficient (Wildman–Crippen LogP) is 0.327. The molecule has 0 aromatic carbocycles. The standard InChI is InChI=1S/C8H7N3O2/c1-13-8-10-4-5-7(11-8)6(12)2-3-9-5/h2-4H,1H3,(H,9,12). The molecule has 5 heteroatoms. The molecule has 66 valence electrons. The van der Waals surface area contributed by atoms with Gasteiger partial charge < -0.3 is 9.72 Å². The molecule has 0 radical (unpaired) electrons. The van der Waals surface area contributed by atoms with Gasteiger partial charge >= 0.3 is 6.01 Å². The summed E-state index contributed by atoms with van der Waals surface area (Å²) in [7, 11) is 1.46. The molecule has 0 unspecified atom stereocenters. The minimum atomic E-state index is -0.144. The van der Waals surface area contributed by atoms with Crippen LogP contribution in [0.2, 0.25) is 0 Å². The average molecular weight is 177 g/mol. The van der Waals surface area contributed by atoms with Crippen LogP contribution in [0, 0.1) is 0 Å². The molecular weight excluding hydrogens is 170 g/mol. The smallest absolute Gasteiger partial charge is 0.316 e. The van der Waals surface area contributed by atoms with Crippen LogP contribution in [0.25, 0.3) is 11.0 Å². The molecule has 0 aliphatic rings. The summed E-state index contributed by atoms with van der Waals surface area (Å²) < 4.78 is 4.80. The van der Waals surface area contributed by atoms with Gasteiger partial charge in [0.15, 0.2) is 0 Å². The van der Waals surface area contributed by atoms with Gasteiger partial charge in [0.05, 0.1) is 18.8 Å². The van der Waals surface area contributed by atoms with Gasteiger partial charge in [0.2, 0.25) is 5.43 Å². The number of aromatic amines is 1. The van der Waals surface area contributed by atoms with E-state index in [2.05, 4.69) is 15.0 Å². The highest BCUT2D eigenvalue weighted by atomic mass is 16.5. The van der Waals surface area contributed by atoms with Crippen molar-refractivity contribution in [3.63, 3.8) is 0 Å². The molecular formula is C8H7N3O2. The molecule has 5 nitrogen and oxygen atoms in total. The first-order chi connectivity index (χ1) is 6.31. The van der Waals surface area contributed by atoms with E-state index in [0.717, 1.165) is 0 Å². The summed E-state index contributed by atoms with van der Waals surface area (Å²) in [6.07, 6.45) is 3.07. The number of hydrogen-bond acceptors (Lipinski definition) is 4. The minimum absolute atomic E-state index is 0.144. The monoisotopic (exact) mass is 177 g/mol.